The van der Waals surface area contributed by atoms with Gasteiger partial charge in [0.1, 0.15) is 11.5 Å². The summed E-state index contributed by atoms with van der Waals surface area (Å²) in [5, 5.41) is 3.29. The number of benzene rings is 1. The smallest absolute Gasteiger partial charge is 0.123 e. The number of hydrogen-bond acceptors (Lipinski definition) is 4. The van der Waals surface area contributed by atoms with Crippen LogP contribution in [0.1, 0.15) is 18.4 Å². The molecule has 0 radical (unpaired) electrons. The van der Waals surface area contributed by atoms with E-state index in [0.29, 0.717) is 0 Å². The van der Waals surface area contributed by atoms with Gasteiger partial charge in [-0.3, -0.25) is 4.90 Å². The van der Waals surface area contributed by atoms with Crippen LogP contribution in [0, 0.1) is 5.92 Å². The van der Waals surface area contributed by atoms with Gasteiger partial charge in [0.05, 0.1) is 14.2 Å². The van der Waals surface area contributed by atoms with E-state index in [4.69, 9.17) is 9.47 Å². The van der Waals surface area contributed by atoms with Gasteiger partial charge < -0.3 is 14.8 Å². The van der Waals surface area contributed by atoms with Crippen molar-refractivity contribution in [2.24, 2.45) is 5.92 Å². The van der Waals surface area contributed by atoms with Gasteiger partial charge in [-0.05, 0) is 57.1 Å². The first-order valence-electron chi connectivity index (χ1n) is 7.34. The molecule has 1 aromatic rings. The third kappa shape index (κ3) is 5.06. The molecule has 5 heteroatoms. The van der Waals surface area contributed by atoms with Gasteiger partial charge in [0, 0.05) is 18.7 Å². The van der Waals surface area contributed by atoms with Crippen LogP contribution in [-0.2, 0) is 6.54 Å². The van der Waals surface area contributed by atoms with E-state index in [1.54, 1.807) is 14.2 Å². The molecule has 1 saturated heterocycles. The highest BCUT2D eigenvalue weighted by molar-refractivity contribution is 5.85. The second-order valence-corrected chi connectivity index (χ2v) is 5.48. The SMILES string of the molecule is CNCC1CCCN(Cc2cc(OC)ccc2OC)C1.Cl. The van der Waals surface area contributed by atoms with E-state index in [9.17, 15) is 0 Å². The van der Waals surface area contributed by atoms with E-state index in [0.717, 1.165) is 37.1 Å². The van der Waals surface area contributed by atoms with Crippen LogP contribution in [-0.4, -0.2) is 45.8 Å². The molecule has 120 valence electrons. The summed E-state index contributed by atoms with van der Waals surface area (Å²) in [4.78, 5) is 2.52. The summed E-state index contributed by atoms with van der Waals surface area (Å²) in [6.45, 7) is 4.36. The average Bonchev–Trinajstić information content (AvgIpc) is 2.48. The van der Waals surface area contributed by atoms with Crippen LogP contribution in [0.15, 0.2) is 18.2 Å². The minimum Gasteiger partial charge on any atom is -0.497 e. The molecule has 0 aliphatic carbocycles. The Morgan fingerprint density at radius 3 is 2.76 bits per heavy atom. The Labute approximate surface area is 134 Å². The molecule has 21 heavy (non-hydrogen) atoms. The van der Waals surface area contributed by atoms with E-state index in [1.807, 2.05) is 19.2 Å². The van der Waals surface area contributed by atoms with Gasteiger partial charge in [-0.2, -0.15) is 0 Å². The Morgan fingerprint density at radius 2 is 2.10 bits per heavy atom. The van der Waals surface area contributed by atoms with Gasteiger partial charge in [0.15, 0.2) is 0 Å². The minimum atomic E-state index is 0. The molecule has 1 fully saturated rings. The van der Waals surface area contributed by atoms with Crippen LogP contribution in [0.2, 0.25) is 0 Å². The standard InChI is InChI=1S/C16H26N2O2.ClH/c1-17-10-13-5-4-8-18(11-13)12-14-9-15(19-2)6-7-16(14)20-3;/h6-7,9,13,17H,4-5,8,10-12H2,1-3H3;1H. The number of likely N-dealkylation sites (tertiary alicyclic amines) is 1. The monoisotopic (exact) mass is 314 g/mol. The van der Waals surface area contributed by atoms with Gasteiger partial charge in [0.25, 0.3) is 0 Å². The zero-order chi connectivity index (χ0) is 14.4. The lowest BCUT2D eigenvalue weighted by molar-refractivity contribution is 0.165. The lowest BCUT2D eigenvalue weighted by Gasteiger charge is -2.33. The Hall–Kier alpha value is -0.970. The van der Waals surface area contributed by atoms with Gasteiger partial charge in [-0.1, -0.05) is 0 Å². The predicted molar refractivity (Wildman–Crippen MR) is 88.7 cm³/mol. The summed E-state index contributed by atoms with van der Waals surface area (Å²) in [6, 6.07) is 6.02. The molecule has 1 N–H and O–H groups in total. The maximum atomic E-state index is 5.47. The van der Waals surface area contributed by atoms with Gasteiger partial charge in [-0.15, -0.1) is 12.4 Å². The zero-order valence-electron chi connectivity index (χ0n) is 13.2. The van der Waals surface area contributed by atoms with Crippen molar-refractivity contribution in [3.05, 3.63) is 23.8 Å². The third-order valence-electron chi connectivity index (χ3n) is 3.98. The number of piperidine rings is 1. The highest BCUT2D eigenvalue weighted by Crippen LogP contribution is 2.27. The Kier molecular flexibility index (Phi) is 7.86. The van der Waals surface area contributed by atoms with Crippen molar-refractivity contribution < 1.29 is 9.47 Å². The van der Waals surface area contributed by atoms with Crippen LogP contribution in [0.4, 0.5) is 0 Å². The number of rotatable bonds is 6. The molecule has 0 spiro atoms. The predicted octanol–water partition coefficient (Wildman–Crippen LogP) is 2.56. The average molecular weight is 315 g/mol. The summed E-state index contributed by atoms with van der Waals surface area (Å²) in [5.41, 5.74) is 1.21. The highest BCUT2D eigenvalue weighted by Gasteiger charge is 2.20. The van der Waals surface area contributed by atoms with Gasteiger partial charge >= 0.3 is 0 Å². The fourth-order valence-corrected chi connectivity index (χ4v) is 3.00. The van der Waals surface area contributed by atoms with Crippen molar-refractivity contribution in [1.82, 2.24) is 10.2 Å². The minimum absolute atomic E-state index is 0. The number of ether oxygens (including phenoxy) is 2. The van der Waals surface area contributed by atoms with Crippen LogP contribution >= 0.6 is 12.4 Å². The summed E-state index contributed by atoms with van der Waals surface area (Å²) in [7, 11) is 5.46. The van der Waals surface area contributed by atoms with E-state index in [-0.39, 0.29) is 12.4 Å². The summed E-state index contributed by atoms with van der Waals surface area (Å²) < 4.78 is 10.8. The summed E-state index contributed by atoms with van der Waals surface area (Å²) in [6.07, 6.45) is 2.60. The molecular formula is C16H27ClN2O2. The first kappa shape index (κ1) is 18.1. The van der Waals surface area contributed by atoms with Gasteiger partial charge in [-0.25, -0.2) is 0 Å². The highest BCUT2D eigenvalue weighted by atomic mass is 35.5. The maximum absolute atomic E-state index is 5.47. The molecule has 4 nitrogen and oxygen atoms in total. The molecule has 0 bridgehead atoms. The van der Waals surface area contributed by atoms with Crippen LogP contribution in [0.3, 0.4) is 0 Å². The Balaban J connectivity index is 0.00000220. The normalized spacial score (nSPS) is 18.9. The quantitative estimate of drug-likeness (QED) is 0.875. The van der Waals surface area contributed by atoms with Crippen LogP contribution in [0.25, 0.3) is 0 Å². The summed E-state index contributed by atoms with van der Waals surface area (Å²) in [5.74, 6) is 2.59. The molecule has 1 aromatic carbocycles. The second-order valence-electron chi connectivity index (χ2n) is 5.48. The van der Waals surface area contributed by atoms with Gasteiger partial charge in [0.2, 0.25) is 0 Å². The van der Waals surface area contributed by atoms with Crippen molar-refractivity contribution in [3.63, 3.8) is 0 Å². The molecule has 1 unspecified atom stereocenters. The number of nitrogens with one attached hydrogen (secondary N) is 1. The van der Waals surface area contributed by atoms with E-state index in [2.05, 4.69) is 16.3 Å². The lowest BCUT2D eigenvalue weighted by Crippen LogP contribution is -2.38. The van der Waals surface area contributed by atoms with Crippen LogP contribution < -0.4 is 14.8 Å². The number of nitrogens with zero attached hydrogens (tertiary/aromatic N) is 1. The first-order chi connectivity index (χ1) is 9.76. The molecule has 1 aliphatic rings. The molecule has 1 atom stereocenters. The molecule has 0 amide bonds. The van der Waals surface area contributed by atoms with Crippen molar-refractivity contribution in [2.75, 3.05) is 40.9 Å². The molecular weight excluding hydrogens is 288 g/mol. The second kappa shape index (κ2) is 9.13. The van der Waals surface area contributed by atoms with Crippen molar-refractivity contribution >= 4 is 12.4 Å². The molecule has 1 aliphatic heterocycles. The first-order valence-corrected chi connectivity index (χ1v) is 7.34. The molecule has 0 saturated carbocycles. The fourth-order valence-electron chi connectivity index (χ4n) is 3.00. The Morgan fingerprint density at radius 1 is 1.29 bits per heavy atom. The molecule has 0 aromatic heterocycles. The van der Waals surface area contributed by atoms with Crippen molar-refractivity contribution in [1.29, 1.82) is 0 Å². The lowest BCUT2D eigenvalue weighted by atomic mass is 9.97. The largest absolute Gasteiger partial charge is 0.497 e. The Bertz CT molecular complexity index is 427. The van der Waals surface area contributed by atoms with Crippen molar-refractivity contribution in [3.8, 4) is 11.5 Å². The van der Waals surface area contributed by atoms with Crippen molar-refractivity contribution in [2.45, 2.75) is 19.4 Å². The zero-order valence-corrected chi connectivity index (χ0v) is 14.0. The number of hydrogen-bond donors (Lipinski definition) is 1. The van der Waals surface area contributed by atoms with E-state index in [1.165, 1.54) is 24.9 Å². The van der Waals surface area contributed by atoms with Crippen LogP contribution in [0.5, 0.6) is 11.5 Å². The van der Waals surface area contributed by atoms with E-state index < -0.39 is 0 Å². The third-order valence-corrected chi connectivity index (χ3v) is 3.98. The molecule has 1 heterocycles. The fraction of sp³-hybridized carbons (Fsp3) is 0.625. The number of methoxy groups -OCH3 is 2. The topological polar surface area (TPSA) is 33.7 Å². The number of halogens is 1. The molecule has 2 rings (SSSR count). The summed E-state index contributed by atoms with van der Waals surface area (Å²) >= 11 is 0. The maximum Gasteiger partial charge on any atom is 0.123 e. The van der Waals surface area contributed by atoms with E-state index >= 15 is 0 Å².